The van der Waals surface area contributed by atoms with Crippen molar-refractivity contribution in [3.05, 3.63) is 121 Å². The van der Waals surface area contributed by atoms with E-state index < -0.39 is 5.91 Å². The van der Waals surface area contributed by atoms with E-state index in [0.29, 0.717) is 0 Å². The van der Waals surface area contributed by atoms with Gasteiger partial charge in [-0.25, -0.2) is 0 Å². The smallest absolute Gasteiger partial charge is 1.00 e. The number of hydrogen-bond donors (Lipinski definition) is 0. The summed E-state index contributed by atoms with van der Waals surface area (Å²) in [6.45, 7) is 4.06. The number of rotatable bonds is 7. The molecule has 200 valence electrons. The van der Waals surface area contributed by atoms with Gasteiger partial charge in [0.25, 0.3) is 0 Å². The van der Waals surface area contributed by atoms with Crippen molar-refractivity contribution in [2.24, 2.45) is 5.92 Å². The van der Waals surface area contributed by atoms with E-state index in [1.165, 1.54) is 31.9 Å². The van der Waals surface area contributed by atoms with Crippen molar-refractivity contribution in [1.29, 1.82) is 0 Å². The van der Waals surface area contributed by atoms with Crippen LogP contribution in [0, 0.1) is 5.92 Å². The van der Waals surface area contributed by atoms with Crippen LogP contribution in [0.2, 0.25) is 0 Å². The molecule has 0 heterocycles. The Morgan fingerprint density at radius 3 is 1.51 bits per heavy atom. The molecule has 39 heavy (non-hydrogen) atoms. The molecule has 0 fully saturated rings. The molecule has 5 aromatic carbocycles. The van der Waals surface area contributed by atoms with Crippen LogP contribution in [0.1, 0.15) is 39.5 Å². The standard InChI is InChI=1S/C13H9.C12H10Si.C8H17NO.2ClH.Hf/c1-3-7-12-10(5-1)9-11-6-2-4-8-13(11)12;1-3-7-11(8-4-1)13-12-9-5-2-6-10-12;1-3-5-6-7(4-2)8(9)10;;;/h1-9H;1-10H;7H,3-6H2,1-2H3,(H2,9,10);2*1H;/q-1;;;;;+4/p-3. The molecule has 0 aliphatic rings. The molecule has 5 aromatic rings. The molecular weight excluding hydrogens is 704 g/mol. The molecule has 1 unspecified atom stereocenters. The predicted molar refractivity (Wildman–Crippen MR) is 158 cm³/mol. The first-order valence-corrected chi connectivity index (χ1v) is 13.8. The van der Waals surface area contributed by atoms with Gasteiger partial charge in [-0.15, -0.1) is 39.7 Å². The Morgan fingerprint density at radius 1 is 0.718 bits per heavy atom. The summed E-state index contributed by atoms with van der Waals surface area (Å²) < 4.78 is 0. The number of carbonyl (C=O) groups is 1. The molecule has 1 atom stereocenters. The average molecular weight is 739 g/mol. The van der Waals surface area contributed by atoms with Crippen LogP contribution in [-0.4, -0.2) is 15.4 Å². The van der Waals surface area contributed by atoms with Crippen LogP contribution in [0.25, 0.3) is 27.3 Å². The molecule has 2 nitrogen and oxygen atoms in total. The summed E-state index contributed by atoms with van der Waals surface area (Å²) in [6.07, 6.45) is 3.91. The molecule has 1 N–H and O–H groups in total. The molecule has 0 spiro atoms. The van der Waals surface area contributed by atoms with E-state index in [1.807, 2.05) is 6.92 Å². The monoisotopic (exact) mass is 739 g/mol. The second-order valence-electron chi connectivity index (χ2n) is 8.79. The van der Waals surface area contributed by atoms with Gasteiger partial charge in [0.05, 0.1) is 5.91 Å². The predicted octanol–water partition coefficient (Wildman–Crippen LogP) is 1.84. The summed E-state index contributed by atoms with van der Waals surface area (Å²) in [5, 5.41) is 8.19. The SMILES string of the molecule is CCCCC(CC)C([NH-])=O.[Cl-].[Cl-].[Hf+4].c1ccc([Si]c2ccccc2)cc1.c1ccc2c(c1)[cH-]c1ccccc12. The second kappa shape index (κ2) is 20.7. The average Bonchev–Trinajstić information content (AvgIpc) is 3.30. The van der Waals surface area contributed by atoms with Gasteiger partial charge in [-0.3, -0.25) is 0 Å². The van der Waals surface area contributed by atoms with Crippen molar-refractivity contribution in [2.75, 3.05) is 0 Å². The normalized spacial score (nSPS) is 10.3. The zero-order valence-corrected chi connectivity index (χ0v) is 28.6. The van der Waals surface area contributed by atoms with Crippen molar-refractivity contribution >= 4 is 47.3 Å². The number of nitrogens with one attached hydrogen (secondary N) is 1. The number of halogens is 2. The zero-order valence-electron chi connectivity index (χ0n) is 22.5. The van der Waals surface area contributed by atoms with Crippen LogP contribution in [0.4, 0.5) is 0 Å². The Labute approximate surface area is 267 Å². The first-order valence-electron chi connectivity index (χ1n) is 12.8. The largest absolute Gasteiger partial charge is 4.00 e. The van der Waals surface area contributed by atoms with E-state index in [9.17, 15) is 4.79 Å². The molecule has 0 bridgehead atoms. The summed E-state index contributed by atoms with van der Waals surface area (Å²) in [7, 11) is 0.777. The van der Waals surface area contributed by atoms with Crippen molar-refractivity contribution in [1.82, 2.24) is 0 Å². The number of unbranched alkanes of at least 4 members (excludes halogenated alkanes) is 1. The fourth-order valence-corrected chi connectivity index (χ4v) is 5.14. The van der Waals surface area contributed by atoms with E-state index in [1.54, 1.807) is 0 Å². The van der Waals surface area contributed by atoms with E-state index in [0.717, 1.165) is 35.2 Å². The minimum Gasteiger partial charge on any atom is -1.00 e. The summed E-state index contributed by atoms with van der Waals surface area (Å²) in [6, 6.07) is 40.4. The van der Waals surface area contributed by atoms with Crippen LogP contribution in [0.3, 0.4) is 0 Å². The Morgan fingerprint density at radius 2 is 1.13 bits per heavy atom. The molecule has 0 aliphatic carbocycles. The third-order valence-corrected chi connectivity index (χ3v) is 7.37. The second-order valence-corrected chi connectivity index (χ2v) is 10.2. The van der Waals surface area contributed by atoms with Gasteiger partial charge in [0.1, 0.15) is 9.52 Å². The molecule has 0 aliphatic heterocycles. The fraction of sp³-hybridized carbons (Fsp3) is 0.212. The van der Waals surface area contributed by atoms with Gasteiger partial charge in [-0.2, -0.15) is 0 Å². The minimum atomic E-state index is -0.393. The maximum atomic E-state index is 10.5. The van der Waals surface area contributed by atoms with Crippen molar-refractivity contribution < 1.29 is 55.5 Å². The Hall–Kier alpha value is -2.11. The zero-order chi connectivity index (χ0) is 25.6. The van der Waals surface area contributed by atoms with Crippen LogP contribution in [0.5, 0.6) is 0 Å². The molecular formula is C33H35Cl2HfNOSi. The fourth-order valence-electron chi connectivity index (χ4n) is 4.08. The van der Waals surface area contributed by atoms with E-state index in [4.69, 9.17) is 5.73 Å². The van der Waals surface area contributed by atoms with Gasteiger partial charge in [-0.1, -0.05) is 134 Å². The topological polar surface area (TPSA) is 40.9 Å². The van der Waals surface area contributed by atoms with Gasteiger partial charge in [-0.05, 0) is 18.8 Å². The first-order chi connectivity index (χ1) is 17.6. The van der Waals surface area contributed by atoms with Crippen LogP contribution in [0.15, 0.2) is 115 Å². The Kier molecular flexibility index (Phi) is 19.6. The van der Waals surface area contributed by atoms with Gasteiger partial charge >= 0.3 is 25.8 Å². The molecule has 6 heteroatoms. The van der Waals surface area contributed by atoms with Crippen molar-refractivity contribution in [3.63, 3.8) is 0 Å². The summed E-state index contributed by atoms with van der Waals surface area (Å²) in [4.78, 5) is 10.5. The molecule has 0 saturated carbocycles. The van der Waals surface area contributed by atoms with E-state index in [2.05, 4.69) is 122 Å². The Balaban J connectivity index is 0.000000542. The van der Waals surface area contributed by atoms with Crippen LogP contribution >= 0.6 is 0 Å². The number of hydrogen-bond acceptors (Lipinski definition) is 1. The molecule has 2 radical (unpaired) electrons. The van der Waals surface area contributed by atoms with E-state index >= 15 is 0 Å². The number of fused-ring (bicyclic) bond motifs is 3. The first kappa shape index (κ1) is 36.9. The number of carbonyl (C=O) groups excluding carboxylic acids is 1. The van der Waals surface area contributed by atoms with Gasteiger partial charge in [0, 0.05) is 0 Å². The Bertz CT molecular complexity index is 1240. The molecule has 1 amide bonds. The van der Waals surface area contributed by atoms with Gasteiger partial charge < -0.3 is 35.3 Å². The summed E-state index contributed by atoms with van der Waals surface area (Å²) in [5.74, 6) is -0.393. The van der Waals surface area contributed by atoms with E-state index in [-0.39, 0.29) is 56.6 Å². The maximum Gasteiger partial charge on any atom is 4.00 e. The summed E-state index contributed by atoms with van der Waals surface area (Å²) in [5.41, 5.74) is 6.87. The van der Waals surface area contributed by atoms with Gasteiger partial charge in [0.2, 0.25) is 0 Å². The number of amides is 1. The molecule has 0 aromatic heterocycles. The number of benzene rings is 4. The third-order valence-electron chi connectivity index (χ3n) is 6.13. The van der Waals surface area contributed by atoms with Gasteiger partial charge in [0.15, 0.2) is 0 Å². The van der Waals surface area contributed by atoms with Crippen molar-refractivity contribution in [3.8, 4) is 0 Å². The minimum absolute atomic E-state index is 0. The van der Waals surface area contributed by atoms with Crippen LogP contribution < -0.4 is 35.2 Å². The quantitative estimate of drug-likeness (QED) is 0.186. The van der Waals surface area contributed by atoms with Crippen LogP contribution in [-0.2, 0) is 30.6 Å². The van der Waals surface area contributed by atoms with Crippen molar-refractivity contribution in [2.45, 2.75) is 39.5 Å². The molecule has 5 rings (SSSR count). The molecule has 0 saturated heterocycles. The third kappa shape index (κ3) is 12.3. The maximum absolute atomic E-state index is 10.5. The summed E-state index contributed by atoms with van der Waals surface area (Å²) >= 11 is 0.